The van der Waals surface area contributed by atoms with Crippen molar-refractivity contribution in [2.45, 2.75) is 26.9 Å². The zero-order chi connectivity index (χ0) is 13.1. The van der Waals surface area contributed by atoms with Gasteiger partial charge in [-0.3, -0.25) is 4.79 Å². The lowest BCUT2D eigenvalue weighted by Crippen LogP contribution is -2.15. The summed E-state index contributed by atoms with van der Waals surface area (Å²) in [5.41, 5.74) is 5.68. The zero-order valence-corrected chi connectivity index (χ0v) is 10.6. The Bertz CT molecular complexity index is 584. The first-order valence-electron chi connectivity index (χ1n) is 5.88. The number of anilines is 1. The van der Waals surface area contributed by atoms with Crippen molar-refractivity contribution >= 4 is 5.69 Å². The largest absolute Gasteiger partial charge is 0.394 e. The van der Waals surface area contributed by atoms with Gasteiger partial charge >= 0.3 is 0 Å². The van der Waals surface area contributed by atoms with E-state index in [1.165, 1.54) is 6.07 Å². The maximum absolute atomic E-state index is 11.2. The van der Waals surface area contributed by atoms with Crippen LogP contribution in [-0.2, 0) is 13.1 Å². The van der Waals surface area contributed by atoms with Crippen LogP contribution in [0.1, 0.15) is 19.7 Å². The van der Waals surface area contributed by atoms with E-state index in [1.54, 1.807) is 18.7 Å². The van der Waals surface area contributed by atoms with Crippen LogP contribution in [0.15, 0.2) is 29.6 Å². The molecule has 0 saturated heterocycles. The molecule has 0 aliphatic heterocycles. The van der Waals surface area contributed by atoms with Crippen LogP contribution in [0.5, 0.6) is 0 Å². The first-order chi connectivity index (χ1) is 8.56. The molecule has 0 bridgehead atoms. The Morgan fingerprint density at radius 3 is 2.89 bits per heavy atom. The Balaban J connectivity index is 2.20. The smallest absolute Gasteiger partial charge is 0.204 e. The van der Waals surface area contributed by atoms with Crippen molar-refractivity contribution in [2.75, 3.05) is 5.73 Å². The van der Waals surface area contributed by atoms with Gasteiger partial charge in [-0.05, 0) is 5.92 Å². The van der Waals surface area contributed by atoms with Crippen LogP contribution in [0.4, 0.5) is 5.69 Å². The molecule has 2 N–H and O–H groups in total. The van der Waals surface area contributed by atoms with Crippen LogP contribution in [0.3, 0.4) is 0 Å². The summed E-state index contributed by atoms with van der Waals surface area (Å²) in [5, 5.41) is 4.19. The molecule has 2 aromatic heterocycles. The Kier molecular flexibility index (Phi) is 3.45. The van der Waals surface area contributed by atoms with Gasteiger partial charge in [-0.2, -0.15) is 5.10 Å². The summed E-state index contributed by atoms with van der Waals surface area (Å²) in [7, 11) is 0. The minimum absolute atomic E-state index is 0.158. The molecule has 2 aromatic rings. The van der Waals surface area contributed by atoms with E-state index >= 15 is 0 Å². The fraction of sp³-hybridized carbons (Fsp3) is 0.417. The third-order valence-electron chi connectivity index (χ3n) is 2.56. The number of nitrogen functional groups attached to an aromatic ring is 1. The number of nitrogens with zero attached hydrogens (tertiary/aromatic N) is 4. The lowest BCUT2D eigenvalue weighted by atomic mass is 10.2. The number of rotatable bonds is 4. The summed E-state index contributed by atoms with van der Waals surface area (Å²) in [6.45, 7) is 5.63. The monoisotopic (exact) mass is 247 g/mol. The van der Waals surface area contributed by atoms with E-state index < -0.39 is 0 Å². The van der Waals surface area contributed by atoms with Crippen LogP contribution < -0.4 is 11.2 Å². The summed E-state index contributed by atoms with van der Waals surface area (Å²) in [6, 6.07) is 1.46. The predicted octanol–water partition coefficient (Wildman–Crippen LogP) is 0.726. The summed E-state index contributed by atoms with van der Waals surface area (Å²) in [6.07, 6.45) is 4.87. The van der Waals surface area contributed by atoms with Crippen LogP contribution in [0, 0.1) is 5.92 Å². The van der Waals surface area contributed by atoms with E-state index in [2.05, 4.69) is 23.9 Å². The normalized spacial score (nSPS) is 11.1. The zero-order valence-electron chi connectivity index (χ0n) is 10.6. The van der Waals surface area contributed by atoms with Gasteiger partial charge in [-0.1, -0.05) is 13.8 Å². The summed E-state index contributed by atoms with van der Waals surface area (Å²) in [4.78, 5) is 15.4. The highest BCUT2D eigenvalue weighted by Crippen LogP contribution is 2.04. The molecule has 96 valence electrons. The molecule has 0 radical (unpaired) electrons. The molecule has 0 fully saturated rings. The van der Waals surface area contributed by atoms with E-state index in [0.29, 0.717) is 12.5 Å². The average molecular weight is 247 g/mol. The maximum Gasteiger partial charge on any atom is 0.204 e. The van der Waals surface area contributed by atoms with Crippen molar-refractivity contribution in [1.29, 1.82) is 0 Å². The fourth-order valence-corrected chi connectivity index (χ4v) is 1.72. The van der Waals surface area contributed by atoms with Gasteiger partial charge in [0.15, 0.2) is 0 Å². The first-order valence-corrected chi connectivity index (χ1v) is 5.88. The molecular formula is C12H17N5O. The number of aromatic nitrogens is 4. The minimum atomic E-state index is -0.158. The maximum atomic E-state index is 11.2. The van der Waals surface area contributed by atoms with E-state index in [4.69, 9.17) is 5.73 Å². The molecule has 6 nitrogen and oxygen atoms in total. The van der Waals surface area contributed by atoms with Crippen molar-refractivity contribution < 1.29 is 0 Å². The highest BCUT2D eigenvalue weighted by molar-refractivity contribution is 5.33. The third kappa shape index (κ3) is 2.77. The Labute approximate surface area is 105 Å². The van der Waals surface area contributed by atoms with Gasteiger partial charge < -0.3 is 10.3 Å². The van der Waals surface area contributed by atoms with Crippen molar-refractivity contribution in [2.24, 2.45) is 5.92 Å². The number of hydrogen-bond donors (Lipinski definition) is 1. The molecule has 0 saturated carbocycles. The quantitative estimate of drug-likeness (QED) is 0.863. The second-order valence-electron chi connectivity index (χ2n) is 4.69. The SMILES string of the molecule is CC(C)Cn1ncnc1Cn1ccc(=O)c(N)c1. The average Bonchev–Trinajstić information content (AvgIpc) is 2.70. The summed E-state index contributed by atoms with van der Waals surface area (Å²) >= 11 is 0. The topological polar surface area (TPSA) is 78.7 Å². The minimum Gasteiger partial charge on any atom is -0.394 e. The van der Waals surface area contributed by atoms with Crippen molar-refractivity contribution in [3.05, 3.63) is 40.8 Å². The lowest BCUT2D eigenvalue weighted by molar-refractivity contribution is 0.460. The predicted molar refractivity (Wildman–Crippen MR) is 69.1 cm³/mol. The summed E-state index contributed by atoms with van der Waals surface area (Å²) in [5.74, 6) is 1.36. The van der Waals surface area contributed by atoms with Crippen LogP contribution in [0.2, 0.25) is 0 Å². The lowest BCUT2D eigenvalue weighted by Gasteiger charge is -2.10. The number of pyridine rings is 1. The fourth-order valence-electron chi connectivity index (χ4n) is 1.72. The molecule has 0 aromatic carbocycles. The second kappa shape index (κ2) is 5.03. The first kappa shape index (κ1) is 12.3. The van der Waals surface area contributed by atoms with Gasteiger partial charge in [0.1, 0.15) is 12.2 Å². The Morgan fingerprint density at radius 2 is 2.22 bits per heavy atom. The molecule has 0 atom stereocenters. The van der Waals surface area contributed by atoms with Gasteiger partial charge in [0.05, 0.1) is 12.2 Å². The van der Waals surface area contributed by atoms with Crippen molar-refractivity contribution in [3.8, 4) is 0 Å². The highest BCUT2D eigenvalue weighted by Gasteiger charge is 2.06. The van der Waals surface area contributed by atoms with E-state index in [9.17, 15) is 4.79 Å². The molecule has 0 unspecified atom stereocenters. The molecule has 0 aliphatic rings. The van der Waals surface area contributed by atoms with Crippen molar-refractivity contribution in [3.63, 3.8) is 0 Å². The van der Waals surface area contributed by atoms with Gasteiger partial charge in [0, 0.05) is 25.0 Å². The van der Waals surface area contributed by atoms with E-state index in [1.807, 2.05) is 9.25 Å². The molecule has 2 heterocycles. The van der Waals surface area contributed by atoms with Crippen molar-refractivity contribution in [1.82, 2.24) is 19.3 Å². The van der Waals surface area contributed by atoms with Gasteiger partial charge in [0.25, 0.3) is 0 Å². The molecule has 0 aliphatic carbocycles. The van der Waals surface area contributed by atoms with Gasteiger partial charge in [-0.15, -0.1) is 0 Å². The van der Waals surface area contributed by atoms with Crippen LogP contribution >= 0.6 is 0 Å². The van der Waals surface area contributed by atoms with Crippen LogP contribution in [-0.4, -0.2) is 19.3 Å². The third-order valence-corrected chi connectivity index (χ3v) is 2.56. The Morgan fingerprint density at radius 1 is 1.44 bits per heavy atom. The molecule has 0 amide bonds. The standard InChI is InChI=1S/C12H17N5O/c1-9(2)5-17-12(14-8-15-17)7-16-4-3-11(18)10(13)6-16/h3-4,6,8-9H,5,7,13H2,1-2H3. The molecule has 18 heavy (non-hydrogen) atoms. The van der Waals surface area contributed by atoms with Crippen LogP contribution in [0.25, 0.3) is 0 Å². The molecule has 0 spiro atoms. The van der Waals surface area contributed by atoms with Gasteiger partial charge in [0.2, 0.25) is 5.43 Å². The second-order valence-corrected chi connectivity index (χ2v) is 4.69. The Hall–Kier alpha value is -2.11. The highest BCUT2D eigenvalue weighted by atomic mass is 16.1. The summed E-state index contributed by atoms with van der Waals surface area (Å²) < 4.78 is 3.70. The van der Waals surface area contributed by atoms with E-state index in [0.717, 1.165) is 12.4 Å². The van der Waals surface area contributed by atoms with Gasteiger partial charge in [-0.25, -0.2) is 9.67 Å². The van der Waals surface area contributed by atoms with E-state index in [-0.39, 0.29) is 11.1 Å². The molecule has 6 heteroatoms. The number of hydrogen-bond acceptors (Lipinski definition) is 4. The number of nitrogens with two attached hydrogens (primary N) is 1. The molecular weight excluding hydrogens is 230 g/mol. The molecule has 2 rings (SSSR count).